The molecule has 0 saturated heterocycles. The summed E-state index contributed by atoms with van der Waals surface area (Å²) in [4.78, 5) is 12.4. The SMILES string of the molecule is Cc1ccccc1CSCC(=O)NC(CC(C)C)c1ccccc1. The molecule has 0 radical (unpaired) electrons. The molecule has 2 nitrogen and oxygen atoms in total. The first-order chi connectivity index (χ1) is 11.6. The van der Waals surface area contributed by atoms with Gasteiger partial charge in [-0.1, -0.05) is 68.4 Å². The summed E-state index contributed by atoms with van der Waals surface area (Å²) < 4.78 is 0. The summed E-state index contributed by atoms with van der Waals surface area (Å²) in [6, 6.07) is 18.7. The molecule has 0 aliphatic heterocycles. The van der Waals surface area contributed by atoms with Crippen molar-refractivity contribution >= 4 is 17.7 Å². The molecule has 0 spiro atoms. The minimum atomic E-state index is 0.0951. The van der Waals surface area contributed by atoms with Crippen LogP contribution in [0.5, 0.6) is 0 Å². The molecule has 1 atom stereocenters. The van der Waals surface area contributed by atoms with Gasteiger partial charge in [-0.05, 0) is 36.0 Å². The van der Waals surface area contributed by atoms with Crippen molar-refractivity contribution in [3.8, 4) is 0 Å². The third-order valence-electron chi connectivity index (χ3n) is 4.00. The average molecular weight is 342 g/mol. The summed E-state index contributed by atoms with van der Waals surface area (Å²) >= 11 is 1.67. The van der Waals surface area contributed by atoms with Crippen molar-refractivity contribution < 1.29 is 4.79 Å². The minimum absolute atomic E-state index is 0.0951. The molecular weight excluding hydrogens is 314 g/mol. The van der Waals surface area contributed by atoms with Crippen LogP contribution in [0.25, 0.3) is 0 Å². The van der Waals surface area contributed by atoms with Gasteiger partial charge in [-0.2, -0.15) is 0 Å². The molecule has 3 heteroatoms. The fraction of sp³-hybridized carbons (Fsp3) is 0.381. The second kappa shape index (κ2) is 9.53. The highest BCUT2D eigenvalue weighted by Crippen LogP contribution is 2.22. The summed E-state index contributed by atoms with van der Waals surface area (Å²) in [7, 11) is 0. The van der Waals surface area contributed by atoms with Crippen molar-refractivity contribution in [3.05, 3.63) is 71.3 Å². The van der Waals surface area contributed by atoms with Crippen LogP contribution in [0.4, 0.5) is 0 Å². The molecule has 0 aliphatic carbocycles. The smallest absolute Gasteiger partial charge is 0.230 e. The molecule has 1 N–H and O–H groups in total. The third-order valence-corrected chi connectivity index (χ3v) is 4.98. The van der Waals surface area contributed by atoms with Crippen LogP contribution < -0.4 is 5.32 Å². The first-order valence-electron chi connectivity index (χ1n) is 8.53. The van der Waals surface area contributed by atoms with Gasteiger partial charge in [-0.25, -0.2) is 0 Å². The van der Waals surface area contributed by atoms with E-state index in [1.807, 2.05) is 24.3 Å². The Morgan fingerprint density at radius 2 is 1.71 bits per heavy atom. The number of benzene rings is 2. The highest BCUT2D eigenvalue weighted by atomic mass is 32.2. The van der Waals surface area contributed by atoms with Crippen LogP contribution >= 0.6 is 11.8 Å². The Balaban J connectivity index is 1.87. The zero-order chi connectivity index (χ0) is 17.4. The lowest BCUT2D eigenvalue weighted by Gasteiger charge is -2.21. The van der Waals surface area contributed by atoms with Crippen LogP contribution in [0.3, 0.4) is 0 Å². The molecule has 0 bridgehead atoms. The third kappa shape index (κ3) is 6.04. The quantitative estimate of drug-likeness (QED) is 0.721. The van der Waals surface area contributed by atoms with Crippen LogP contribution in [-0.2, 0) is 10.5 Å². The van der Waals surface area contributed by atoms with E-state index in [0.29, 0.717) is 11.7 Å². The lowest BCUT2D eigenvalue weighted by Crippen LogP contribution is -2.30. The fourth-order valence-corrected chi connectivity index (χ4v) is 3.61. The number of hydrogen-bond donors (Lipinski definition) is 1. The van der Waals surface area contributed by atoms with Crippen molar-refractivity contribution in [3.63, 3.8) is 0 Å². The van der Waals surface area contributed by atoms with E-state index in [-0.39, 0.29) is 11.9 Å². The molecule has 0 saturated carbocycles. The van der Waals surface area contributed by atoms with Gasteiger partial charge in [0.05, 0.1) is 11.8 Å². The van der Waals surface area contributed by atoms with E-state index >= 15 is 0 Å². The standard InChI is InChI=1S/C21H27NOS/c1-16(2)13-20(18-10-5-4-6-11-18)22-21(23)15-24-14-19-12-8-7-9-17(19)3/h4-12,16,20H,13-15H2,1-3H3,(H,22,23). The Morgan fingerprint density at radius 3 is 2.38 bits per heavy atom. The maximum Gasteiger partial charge on any atom is 0.230 e. The Hall–Kier alpha value is -1.74. The van der Waals surface area contributed by atoms with Crippen molar-refractivity contribution in [2.75, 3.05) is 5.75 Å². The number of carbonyl (C=O) groups is 1. The molecule has 2 aromatic carbocycles. The molecule has 0 fully saturated rings. The van der Waals surface area contributed by atoms with E-state index in [1.165, 1.54) is 16.7 Å². The maximum absolute atomic E-state index is 12.4. The van der Waals surface area contributed by atoms with E-state index in [4.69, 9.17) is 0 Å². The lowest BCUT2D eigenvalue weighted by molar-refractivity contribution is -0.119. The number of aryl methyl sites for hydroxylation is 1. The summed E-state index contributed by atoms with van der Waals surface area (Å²) in [6.45, 7) is 6.49. The first kappa shape index (κ1) is 18.6. The van der Waals surface area contributed by atoms with Gasteiger partial charge in [0.2, 0.25) is 5.91 Å². The van der Waals surface area contributed by atoms with Crippen LogP contribution in [0.2, 0.25) is 0 Å². The van der Waals surface area contributed by atoms with Crippen LogP contribution in [0.15, 0.2) is 54.6 Å². The highest BCUT2D eigenvalue weighted by molar-refractivity contribution is 7.99. The number of rotatable bonds is 8. The van der Waals surface area contributed by atoms with Gasteiger partial charge >= 0.3 is 0 Å². The first-order valence-corrected chi connectivity index (χ1v) is 9.68. The van der Waals surface area contributed by atoms with Crippen LogP contribution in [0, 0.1) is 12.8 Å². The monoisotopic (exact) mass is 341 g/mol. The topological polar surface area (TPSA) is 29.1 Å². The number of nitrogens with one attached hydrogen (secondary N) is 1. The van der Waals surface area contributed by atoms with E-state index in [0.717, 1.165) is 12.2 Å². The molecule has 2 rings (SSSR count). The van der Waals surface area contributed by atoms with Crippen molar-refractivity contribution in [1.29, 1.82) is 0 Å². The van der Waals surface area contributed by atoms with Crippen molar-refractivity contribution in [2.24, 2.45) is 5.92 Å². The van der Waals surface area contributed by atoms with Gasteiger partial charge < -0.3 is 5.32 Å². The molecule has 0 aromatic heterocycles. The summed E-state index contributed by atoms with van der Waals surface area (Å²) in [6.07, 6.45) is 0.957. The Morgan fingerprint density at radius 1 is 1.04 bits per heavy atom. The molecule has 2 aromatic rings. The Bertz CT molecular complexity index is 639. The molecule has 1 amide bonds. The molecule has 128 valence electrons. The molecular formula is C21H27NOS. The zero-order valence-corrected chi connectivity index (χ0v) is 15.6. The van der Waals surface area contributed by atoms with Gasteiger partial charge in [0, 0.05) is 5.75 Å². The van der Waals surface area contributed by atoms with E-state index in [2.05, 4.69) is 56.4 Å². The number of carbonyl (C=O) groups excluding carboxylic acids is 1. The van der Waals surface area contributed by atoms with Crippen molar-refractivity contribution in [2.45, 2.75) is 39.0 Å². The highest BCUT2D eigenvalue weighted by Gasteiger charge is 2.16. The second-order valence-corrected chi connectivity index (χ2v) is 7.57. The number of amides is 1. The summed E-state index contributed by atoms with van der Waals surface area (Å²) in [5, 5.41) is 3.21. The Kier molecular flexibility index (Phi) is 7.38. The lowest BCUT2D eigenvalue weighted by atomic mass is 9.97. The minimum Gasteiger partial charge on any atom is -0.349 e. The Labute approximate surface area is 150 Å². The van der Waals surface area contributed by atoms with E-state index in [9.17, 15) is 4.79 Å². The normalized spacial score (nSPS) is 12.2. The number of thioether (sulfide) groups is 1. The van der Waals surface area contributed by atoms with Gasteiger partial charge in [0.1, 0.15) is 0 Å². The second-order valence-electron chi connectivity index (χ2n) is 6.58. The van der Waals surface area contributed by atoms with Crippen LogP contribution in [-0.4, -0.2) is 11.7 Å². The van der Waals surface area contributed by atoms with Gasteiger partial charge in [-0.3, -0.25) is 4.79 Å². The van der Waals surface area contributed by atoms with Crippen LogP contribution in [0.1, 0.15) is 43.0 Å². The summed E-state index contributed by atoms with van der Waals surface area (Å²) in [5.74, 6) is 2.02. The van der Waals surface area contributed by atoms with Crippen molar-refractivity contribution in [1.82, 2.24) is 5.32 Å². The zero-order valence-electron chi connectivity index (χ0n) is 14.8. The van der Waals surface area contributed by atoms with E-state index in [1.54, 1.807) is 11.8 Å². The molecule has 0 aliphatic rings. The predicted octanol–water partition coefficient (Wildman–Crippen LogP) is 5.13. The number of hydrogen-bond acceptors (Lipinski definition) is 2. The summed E-state index contributed by atoms with van der Waals surface area (Å²) in [5.41, 5.74) is 3.77. The molecule has 24 heavy (non-hydrogen) atoms. The van der Waals surface area contributed by atoms with Gasteiger partial charge in [0.25, 0.3) is 0 Å². The van der Waals surface area contributed by atoms with Gasteiger partial charge in [0.15, 0.2) is 0 Å². The van der Waals surface area contributed by atoms with E-state index < -0.39 is 0 Å². The molecule has 0 heterocycles. The van der Waals surface area contributed by atoms with Gasteiger partial charge in [-0.15, -0.1) is 11.8 Å². The largest absolute Gasteiger partial charge is 0.349 e. The molecule has 1 unspecified atom stereocenters. The predicted molar refractivity (Wildman–Crippen MR) is 104 cm³/mol. The maximum atomic E-state index is 12.4. The average Bonchev–Trinajstić information content (AvgIpc) is 2.56. The fourth-order valence-electron chi connectivity index (χ4n) is 2.70.